The summed E-state index contributed by atoms with van der Waals surface area (Å²) in [5.41, 5.74) is 3.34. The number of anilines is 1. The van der Waals surface area contributed by atoms with Crippen molar-refractivity contribution in [2.24, 2.45) is 11.8 Å². The minimum atomic E-state index is -3.88. The van der Waals surface area contributed by atoms with E-state index in [2.05, 4.69) is 21.8 Å². The fourth-order valence-electron chi connectivity index (χ4n) is 6.98. The van der Waals surface area contributed by atoms with Gasteiger partial charge in [-0.15, -0.1) is 0 Å². The minimum Gasteiger partial charge on any atom is -0.490 e. The van der Waals surface area contributed by atoms with E-state index in [0.717, 1.165) is 49.4 Å². The van der Waals surface area contributed by atoms with E-state index in [1.807, 2.05) is 12.1 Å². The molecule has 40 heavy (non-hydrogen) atoms. The van der Waals surface area contributed by atoms with Gasteiger partial charge in [0.15, 0.2) is 0 Å². The Kier molecular flexibility index (Phi) is 7.38. The van der Waals surface area contributed by atoms with E-state index in [1.54, 1.807) is 31.2 Å². The first-order valence-electron chi connectivity index (χ1n) is 14.3. The summed E-state index contributed by atoms with van der Waals surface area (Å²) in [7, 11) is -3.88. The van der Waals surface area contributed by atoms with E-state index in [9.17, 15) is 18.3 Å². The van der Waals surface area contributed by atoms with Gasteiger partial charge in [0, 0.05) is 30.5 Å². The molecule has 2 aliphatic carbocycles. The monoisotopic (exact) mass is 586 g/mol. The number of aliphatic hydroxyl groups is 1. The summed E-state index contributed by atoms with van der Waals surface area (Å²) in [6.45, 7) is 3.52. The normalized spacial score (nSPS) is 32.5. The van der Waals surface area contributed by atoms with Crippen molar-refractivity contribution in [1.82, 2.24) is 4.72 Å². The maximum absolute atomic E-state index is 13.2. The van der Waals surface area contributed by atoms with Gasteiger partial charge >= 0.3 is 0 Å². The number of ether oxygens (including phenoxy) is 1. The summed E-state index contributed by atoms with van der Waals surface area (Å²) in [5, 5.41) is 11.0. The lowest BCUT2D eigenvalue weighted by atomic mass is 9.68. The van der Waals surface area contributed by atoms with Crippen molar-refractivity contribution in [3.05, 3.63) is 70.3 Å². The molecule has 0 radical (unpaired) electrons. The predicted octanol–water partition coefficient (Wildman–Crippen LogP) is 5.24. The molecule has 6 rings (SSSR count). The third-order valence-corrected chi connectivity index (χ3v) is 11.5. The number of amides is 1. The van der Waals surface area contributed by atoms with Crippen LogP contribution in [0.3, 0.4) is 0 Å². The van der Waals surface area contributed by atoms with Crippen LogP contribution in [0.2, 0.25) is 5.02 Å². The van der Waals surface area contributed by atoms with Crippen LogP contribution in [-0.4, -0.2) is 50.5 Å². The molecule has 216 valence electrons. The van der Waals surface area contributed by atoms with Crippen LogP contribution in [0.5, 0.6) is 5.75 Å². The number of benzene rings is 2. The van der Waals surface area contributed by atoms with Gasteiger partial charge in [-0.1, -0.05) is 29.8 Å². The van der Waals surface area contributed by atoms with Crippen molar-refractivity contribution in [3.63, 3.8) is 0 Å². The lowest BCUT2D eigenvalue weighted by molar-refractivity contribution is 0.0177. The largest absolute Gasteiger partial charge is 0.490 e. The zero-order valence-electron chi connectivity index (χ0n) is 22.8. The van der Waals surface area contributed by atoms with Crippen LogP contribution >= 0.6 is 11.6 Å². The van der Waals surface area contributed by atoms with Gasteiger partial charge in [-0.2, -0.15) is 0 Å². The summed E-state index contributed by atoms with van der Waals surface area (Å²) < 4.78 is 34.6. The Balaban J connectivity index is 0.00000337. The van der Waals surface area contributed by atoms with Crippen LogP contribution < -0.4 is 14.4 Å². The molecule has 9 heteroatoms. The molecule has 1 saturated carbocycles. The number of allylic oxidation sites excluding steroid dienone is 1. The van der Waals surface area contributed by atoms with Crippen LogP contribution in [0, 0.1) is 11.8 Å². The Bertz CT molecular complexity index is 1450. The number of nitrogens with zero attached hydrogens (tertiary/aromatic N) is 1. The fourth-order valence-corrected chi connectivity index (χ4v) is 8.12. The highest BCUT2D eigenvalue weighted by atomic mass is 35.5. The fraction of sp³-hybridized carbons (Fsp3) is 0.516. The smallest absolute Gasteiger partial charge is 0.264 e. The Morgan fingerprint density at radius 2 is 1.98 bits per heavy atom. The molecule has 5 atom stereocenters. The van der Waals surface area contributed by atoms with Crippen molar-refractivity contribution < 1.29 is 24.5 Å². The second kappa shape index (κ2) is 10.7. The molecule has 2 aromatic carbocycles. The topological polar surface area (TPSA) is 95.9 Å². The quantitative estimate of drug-likeness (QED) is 0.410. The number of carbonyl (C=O) groups is 1. The summed E-state index contributed by atoms with van der Waals surface area (Å²) in [5.74, 6) is 0.529. The van der Waals surface area contributed by atoms with Gasteiger partial charge in [0.2, 0.25) is 10.0 Å². The van der Waals surface area contributed by atoms with Gasteiger partial charge < -0.3 is 14.7 Å². The summed E-state index contributed by atoms with van der Waals surface area (Å²) in [6.07, 6.45) is 8.93. The molecule has 2 heterocycles. The van der Waals surface area contributed by atoms with Crippen molar-refractivity contribution in [1.29, 1.82) is 0 Å². The number of sulfonamides is 1. The van der Waals surface area contributed by atoms with Gasteiger partial charge in [-0.25, -0.2) is 13.1 Å². The number of hydrogen-bond donors (Lipinski definition) is 2. The molecular formula is C31H39ClN2O5S. The number of rotatable bonds is 0. The SMILES string of the molecule is C[C@@H]1C/C=C/C[C@H](O)[C@@H]2CC[C@H]2CN2C[C@@]3(CCCc4cc(Cl)ccc43)COc3ccc(cc32)C(=O)NS1(=O)=O.[HH]. The van der Waals surface area contributed by atoms with Gasteiger partial charge in [0.25, 0.3) is 5.91 Å². The number of aliphatic hydroxyl groups excluding tert-OH is 1. The van der Waals surface area contributed by atoms with Crippen LogP contribution in [0.4, 0.5) is 5.69 Å². The van der Waals surface area contributed by atoms with Crippen LogP contribution in [0.1, 0.15) is 68.4 Å². The second-order valence-corrected chi connectivity index (χ2v) is 14.6. The molecule has 2 aromatic rings. The van der Waals surface area contributed by atoms with Gasteiger partial charge in [-0.3, -0.25) is 4.79 Å². The summed E-state index contributed by atoms with van der Waals surface area (Å²) in [6, 6.07) is 11.4. The zero-order valence-corrected chi connectivity index (χ0v) is 24.4. The second-order valence-electron chi connectivity index (χ2n) is 12.1. The first-order chi connectivity index (χ1) is 19.1. The molecule has 2 N–H and O–H groups in total. The first kappa shape index (κ1) is 27.6. The van der Waals surface area contributed by atoms with Crippen LogP contribution in [0.15, 0.2) is 48.6 Å². The molecule has 1 spiro atoms. The highest BCUT2D eigenvalue weighted by Crippen LogP contribution is 2.46. The molecule has 0 aromatic heterocycles. The Labute approximate surface area is 243 Å². The van der Waals surface area contributed by atoms with E-state index in [0.29, 0.717) is 31.2 Å². The number of fused-ring (bicyclic) bond motifs is 4. The van der Waals surface area contributed by atoms with E-state index in [1.165, 1.54) is 11.1 Å². The zero-order chi connectivity index (χ0) is 28.1. The number of carbonyl (C=O) groups excluding carboxylic acids is 1. The van der Waals surface area contributed by atoms with Crippen LogP contribution in [0.25, 0.3) is 0 Å². The first-order valence-corrected chi connectivity index (χ1v) is 16.3. The average Bonchev–Trinajstić information content (AvgIpc) is 3.05. The minimum absolute atomic E-state index is 0. The number of nitrogens with one attached hydrogen (secondary N) is 1. The molecule has 1 fully saturated rings. The van der Waals surface area contributed by atoms with Crippen molar-refractivity contribution in [2.75, 3.05) is 24.6 Å². The van der Waals surface area contributed by atoms with Crippen LogP contribution in [-0.2, 0) is 21.9 Å². The third-order valence-electron chi connectivity index (χ3n) is 9.50. The van der Waals surface area contributed by atoms with Gasteiger partial charge in [0.05, 0.1) is 23.6 Å². The van der Waals surface area contributed by atoms with Crippen molar-refractivity contribution in [2.45, 2.75) is 68.6 Å². The maximum atomic E-state index is 13.2. The Morgan fingerprint density at radius 3 is 2.77 bits per heavy atom. The molecular weight excluding hydrogens is 548 g/mol. The highest BCUT2D eigenvalue weighted by Gasteiger charge is 2.44. The lowest BCUT2D eigenvalue weighted by Gasteiger charge is -2.45. The summed E-state index contributed by atoms with van der Waals surface area (Å²) >= 11 is 6.37. The number of aryl methyl sites for hydroxylation is 1. The van der Waals surface area contributed by atoms with Gasteiger partial charge in [-0.05, 0) is 105 Å². The van der Waals surface area contributed by atoms with E-state index < -0.39 is 27.3 Å². The Hall–Kier alpha value is -2.55. The predicted molar refractivity (Wildman–Crippen MR) is 159 cm³/mol. The average molecular weight is 587 g/mol. The van der Waals surface area contributed by atoms with E-state index in [-0.39, 0.29) is 24.7 Å². The number of halogens is 1. The molecule has 0 unspecified atom stereocenters. The molecule has 7 nitrogen and oxygen atoms in total. The third kappa shape index (κ3) is 5.14. The Morgan fingerprint density at radius 1 is 1.15 bits per heavy atom. The van der Waals surface area contributed by atoms with Gasteiger partial charge in [0.1, 0.15) is 5.75 Å². The number of hydrogen-bond acceptors (Lipinski definition) is 6. The highest BCUT2D eigenvalue weighted by molar-refractivity contribution is 7.90. The summed E-state index contributed by atoms with van der Waals surface area (Å²) in [4.78, 5) is 15.5. The molecule has 0 saturated heterocycles. The molecule has 2 bridgehead atoms. The standard InChI is InChI=1S/C31H37ClN2O5S.H2/c1-20-5-2-3-7-28(35)25-11-8-23(25)17-34-18-31(14-4-6-21-15-24(32)10-12-26(21)31)19-39-29-13-9-22(16-27(29)34)30(36)33-40(20,37)38;/h2-3,9-10,12-13,15-16,20,23,25,28,35H,4-8,11,14,17-19H2,1H3,(H,33,36);1H/b3-2+;/t20-,23+,25-,28+,31+;/m1./s1. The van der Waals surface area contributed by atoms with E-state index >= 15 is 0 Å². The molecule has 2 aliphatic heterocycles. The lowest BCUT2D eigenvalue weighted by Crippen LogP contribution is -2.49. The maximum Gasteiger partial charge on any atom is 0.264 e. The van der Waals surface area contributed by atoms with E-state index in [4.69, 9.17) is 16.3 Å². The van der Waals surface area contributed by atoms with Crippen molar-refractivity contribution in [3.8, 4) is 5.75 Å². The molecule has 4 aliphatic rings. The molecule has 1 amide bonds. The van der Waals surface area contributed by atoms with Crippen molar-refractivity contribution >= 4 is 33.2 Å².